The van der Waals surface area contributed by atoms with Gasteiger partial charge >= 0.3 is 14.5 Å². The van der Waals surface area contributed by atoms with E-state index in [0.717, 1.165) is 0 Å². The molecule has 1 aliphatic rings. The molecule has 0 spiro atoms. The highest BCUT2D eigenvalue weighted by molar-refractivity contribution is 7.54. The van der Waals surface area contributed by atoms with Crippen LogP contribution in [0.4, 0.5) is 0 Å². The lowest BCUT2D eigenvalue weighted by Gasteiger charge is -2.09. The lowest BCUT2D eigenvalue weighted by molar-refractivity contribution is -0.690. The number of rotatable bonds is 6. The Morgan fingerprint density at radius 1 is 1.28 bits per heavy atom. The van der Waals surface area contributed by atoms with Crippen LogP contribution in [0.5, 0.6) is 0 Å². The minimum atomic E-state index is -4.12. The molecule has 12 heteroatoms. The quantitative estimate of drug-likeness (QED) is 0.159. The van der Waals surface area contributed by atoms with E-state index in [0.29, 0.717) is 0 Å². The highest BCUT2D eigenvalue weighted by atomic mass is 31.2. The van der Waals surface area contributed by atoms with Crippen LogP contribution in [0.3, 0.4) is 0 Å². The molecular formula is C6H17N2O9P+4. The molecule has 1 fully saturated rings. The van der Waals surface area contributed by atoms with Crippen LogP contribution in [0.15, 0.2) is 0 Å². The summed E-state index contributed by atoms with van der Waals surface area (Å²) in [4.78, 5) is 11.5. The second-order valence-electron chi connectivity index (χ2n) is 3.51. The SMILES string of the molecule is [NH3+]O[P+]([O])(O[NH3+])O[C@@H]1[O+][C@@H]([C@H](O)CO)[C@H](O)[C@H]1O. The summed E-state index contributed by atoms with van der Waals surface area (Å²) < 4.78 is 17.9. The van der Waals surface area contributed by atoms with Crippen LogP contribution >= 0.6 is 8.17 Å². The van der Waals surface area contributed by atoms with Crippen LogP contribution in [0.1, 0.15) is 0 Å². The molecule has 0 bridgehead atoms. The molecule has 0 aromatic carbocycles. The van der Waals surface area contributed by atoms with E-state index < -0.39 is 45.5 Å². The molecule has 18 heavy (non-hydrogen) atoms. The smallest absolute Gasteiger partial charge is 0.393 e. The van der Waals surface area contributed by atoms with Crippen molar-refractivity contribution in [3.05, 3.63) is 0 Å². The van der Waals surface area contributed by atoms with Crippen molar-refractivity contribution in [2.24, 2.45) is 0 Å². The maximum Gasteiger partial charge on any atom is 0.727 e. The van der Waals surface area contributed by atoms with E-state index in [-0.39, 0.29) is 0 Å². The Bertz CT molecular complexity index is 267. The molecule has 11 nitrogen and oxygen atoms in total. The van der Waals surface area contributed by atoms with E-state index in [1.54, 1.807) is 0 Å². The predicted molar refractivity (Wildman–Crippen MR) is 50.4 cm³/mol. The van der Waals surface area contributed by atoms with Crippen molar-refractivity contribution in [2.45, 2.75) is 30.7 Å². The Hall–Kier alpha value is -0.0100. The van der Waals surface area contributed by atoms with Gasteiger partial charge in [-0.2, -0.15) is 11.8 Å². The fraction of sp³-hybridized carbons (Fsp3) is 1.00. The fourth-order valence-electron chi connectivity index (χ4n) is 1.41. The summed E-state index contributed by atoms with van der Waals surface area (Å²) in [5, 5.41) is 37.1. The number of hydrogen-bond acceptors (Lipinski definition) is 8. The Balaban J connectivity index is 2.69. The first kappa shape index (κ1) is 16.0. The van der Waals surface area contributed by atoms with E-state index in [9.17, 15) is 20.2 Å². The summed E-state index contributed by atoms with van der Waals surface area (Å²) in [7, 11) is -4.12. The van der Waals surface area contributed by atoms with E-state index in [4.69, 9.17) is 9.84 Å². The van der Waals surface area contributed by atoms with Crippen LogP contribution < -0.4 is 11.8 Å². The third-order valence-electron chi connectivity index (χ3n) is 2.37. The second-order valence-corrected chi connectivity index (χ2v) is 5.13. The van der Waals surface area contributed by atoms with Crippen molar-refractivity contribution in [2.75, 3.05) is 6.61 Å². The van der Waals surface area contributed by atoms with Gasteiger partial charge in [-0.3, -0.25) is 0 Å². The zero-order chi connectivity index (χ0) is 13.9. The molecule has 1 rings (SSSR count). The first-order valence-corrected chi connectivity index (χ1v) is 6.31. The van der Waals surface area contributed by atoms with E-state index in [1.807, 2.05) is 0 Å². The summed E-state index contributed by atoms with van der Waals surface area (Å²) >= 11 is 0. The Kier molecular flexibility index (Phi) is 5.73. The first-order valence-electron chi connectivity index (χ1n) is 4.85. The molecular weight excluding hydrogens is 275 g/mol. The van der Waals surface area contributed by atoms with Crippen molar-refractivity contribution in [3.8, 4) is 0 Å². The summed E-state index contributed by atoms with van der Waals surface area (Å²) in [6, 6.07) is 0. The van der Waals surface area contributed by atoms with Gasteiger partial charge < -0.3 is 20.4 Å². The summed E-state index contributed by atoms with van der Waals surface area (Å²) in [5.74, 6) is 5.69. The Morgan fingerprint density at radius 3 is 2.28 bits per heavy atom. The van der Waals surface area contributed by atoms with E-state index >= 15 is 0 Å². The minimum Gasteiger partial charge on any atom is -0.393 e. The number of aliphatic hydroxyl groups excluding tert-OH is 4. The molecule has 2 radical (unpaired) electrons. The average Bonchev–Trinajstić information content (AvgIpc) is 2.66. The fourth-order valence-corrected chi connectivity index (χ4v) is 2.03. The van der Waals surface area contributed by atoms with Gasteiger partial charge in [0.2, 0.25) is 0 Å². The molecule has 5 atom stereocenters. The number of quaternary nitrogens is 2. The van der Waals surface area contributed by atoms with Gasteiger partial charge in [-0.15, -0.1) is 0 Å². The molecule has 0 aliphatic carbocycles. The molecule has 1 saturated heterocycles. The standard InChI is InChI=1S/C6H17N2O9P/c7-16-18(13,17-8)15-6-4(12)3(11)5(14-6)2(10)1-9/h2-6,9-12H,1H2,7-8H3/q+4/t2-,3-,4-,5+,6+/m1/s1. The maximum atomic E-state index is 11.5. The number of ether oxygens (including phenoxy) is 1. The molecule has 0 aromatic heterocycles. The Labute approximate surface area is 102 Å². The predicted octanol–water partition coefficient (Wildman–Crippen LogP) is -4.74. The molecule has 10 N–H and O–H groups in total. The van der Waals surface area contributed by atoms with Crippen molar-refractivity contribution in [1.82, 2.24) is 0 Å². The lowest BCUT2D eigenvalue weighted by Crippen LogP contribution is -2.55. The molecule has 0 saturated carbocycles. The van der Waals surface area contributed by atoms with Crippen LogP contribution in [-0.2, 0) is 23.4 Å². The van der Waals surface area contributed by atoms with Gasteiger partial charge in [0.05, 0.1) is 11.5 Å². The maximum absolute atomic E-state index is 11.5. The summed E-state index contributed by atoms with van der Waals surface area (Å²) in [6.45, 7) is -0.698. The van der Waals surface area contributed by atoms with Crippen molar-refractivity contribution in [1.29, 1.82) is 0 Å². The van der Waals surface area contributed by atoms with Gasteiger partial charge in [0, 0.05) is 9.25 Å². The normalized spacial score (nSPS) is 34.8. The van der Waals surface area contributed by atoms with Crippen LogP contribution in [-0.4, -0.2) is 57.7 Å². The topological polar surface area (TPSA) is 195 Å². The largest absolute Gasteiger partial charge is 0.727 e. The van der Waals surface area contributed by atoms with Gasteiger partial charge in [-0.05, 0) is 4.52 Å². The Morgan fingerprint density at radius 2 is 1.83 bits per heavy atom. The molecule has 0 unspecified atom stereocenters. The lowest BCUT2D eigenvalue weighted by atomic mass is 10.1. The van der Waals surface area contributed by atoms with Crippen molar-refractivity contribution in [3.63, 3.8) is 0 Å². The summed E-state index contributed by atoms with van der Waals surface area (Å²) in [5.41, 5.74) is 0. The molecule has 1 aliphatic heterocycles. The van der Waals surface area contributed by atoms with Gasteiger partial charge in [-0.1, -0.05) is 4.74 Å². The molecule has 0 aromatic rings. The second kappa shape index (κ2) is 6.43. The molecule has 1 heterocycles. The minimum absolute atomic E-state index is 0.698. The summed E-state index contributed by atoms with van der Waals surface area (Å²) in [6.07, 6.45) is -7.49. The first-order chi connectivity index (χ1) is 8.38. The zero-order valence-electron chi connectivity index (χ0n) is 9.29. The zero-order valence-corrected chi connectivity index (χ0v) is 10.2. The van der Waals surface area contributed by atoms with Gasteiger partial charge in [0.15, 0.2) is 18.3 Å². The third-order valence-corrected chi connectivity index (χ3v) is 3.47. The number of hydrogen-bond donors (Lipinski definition) is 6. The van der Waals surface area contributed by atoms with Gasteiger partial charge in [0.1, 0.15) is 0 Å². The monoisotopic (exact) mass is 292 g/mol. The molecule has 106 valence electrons. The number of aliphatic hydroxyl groups is 4. The van der Waals surface area contributed by atoms with E-state index in [2.05, 4.69) is 25.6 Å². The van der Waals surface area contributed by atoms with Crippen molar-refractivity contribution < 1.29 is 55.6 Å². The highest BCUT2D eigenvalue weighted by Crippen LogP contribution is 2.57. The highest BCUT2D eigenvalue weighted by Gasteiger charge is 2.67. The van der Waals surface area contributed by atoms with Crippen molar-refractivity contribution >= 4 is 8.17 Å². The van der Waals surface area contributed by atoms with Gasteiger partial charge in [-0.25, -0.2) is 0 Å². The van der Waals surface area contributed by atoms with Gasteiger partial charge in [0.25, 0.3) is 6.10 Å². The van der Waals surface area contributed by atoms with E-state index in [1.165, 1.54) is 0 Å². The third kappa shape index (κ3) is 3.30. The van der Waals surface area contributed by atoms with Crippen LogP contribution in [0.25, 0.3) is 0 Å². The average molecular weight is 292 g/mol. The van der Waals surface area contributed by atoms with Crippen LogP contribution in [0, 0.1) is 0 Å². The van der Waals surface area contributed by atoms with Crippen LogP contribution in [0.2, 0.25) is 0 Å². The molecule has 0 amide bonds.